The molecule has 0 aliphatic rings. The second kappa shape index (κ2) is 4.07. The van der Waals surface area contributed by atoms with Crippen molar-refractivity contribution in [2.45, 2.75) is 19.0 Å². The highest BCUT2D eigenvalue weighted by atomic mass is 19.4. The first kappa shape index (κ1) is 12.0. The van der Waals surface area contributed by atoms with Crippen LogP contribution in [0.1, 0.15) is 24.1 Å². The summed E-state index contributed by atoms with van der Waals surface area (Å²) >= 11 is 0. The van der Waals surface area contributed by atoms with Crippen LogP contribution in [0.25, 0.3) is 10.9 Å². The Morgan fingerprint density at radius 1 is 1.35 bits per heavy atom. The summed E-state index contributed by atoms with van der Waals surface area (Å²) in [4.78, 5) is 2.39. The summed E-state index contributed by atoms with van der Waals surface area (Å²) in [5, 5.41) is 0.595. The number of hydrogen-bond donors (Lipinski definition) is 2. The molecule has 92 valence electrons. The van der Waals surface area contributed by atoms with E-state index >= 15 is 0 Å². The second-order valence-electron chi connectivity index (χ2n) is 4.13. The molecule has 1 heterocycles. The lowest BCUT2D eigenvalue weighted by Gasteiger charge is -2.09. The normalized spacial score (nSPS) is 14.2. The average molecular weight is 242 g/mol. The summed E-state index contributed by atoms with van der Waals surface area (Å²) in [6.45, 7) is 2.31. The van der Waals surface area contributed by atoms with E-state index in [1.54, 1.807) is 12.1 Å². The molecular weight excluding hydrogens is 229 g/mol. The molecule has 2 nitrogen and oxygen atoms in total. The zero-order chi connectivity index (χ0) is 12.6. The number of nitrogens with one attached hydrogen (secondary N) is 1. The predicted molar refractivity (Wildman–Crippen MR) is 60.8 cm³/mol. The largest absolute Gasteiger partial charge is 0.431 e. The quantitative estimate of drug-likeness (QED) is 0.834. The van der Waals surface area contributed by atoms with Crippen LogP contribution in [0.3, 0.4) is 0 Å². The molecule has 3 N–H and O–H groups in total. The molecule has 0 spiro atoms. The van der Waals surface area contributed by atoms with Crippen LogP contribution in [-0.2, 0) is 6.18 Å². The van der Waals surface area contributed by atoms with Gasteiger partial charge in [0.1, 0.15) is 5.69 Å². The van der Waals surface area contributed by atoms with Crippen LogP contribution >= 0.6 is 0 Å². The number of fused-ring (bicyclic) bond motifs is 1. The Kier molecular flexibility index (Phi) is 2.87. The van der Waals surface area contributed by atoms with E-state index in [0.717, 1.165) is 11.6 Å². The molecule has 17 heavy (non-hydrogen) atoms. The van der Waals surface area contributed by atoms with Crippen LogP contribution in [-0.4, -0.2) is 11.5 Å². The first-order chi connectivity index (χ1) is 7.93. The first-order valence-corrected chi connectivity index (χ1v) is 5.32. The molecule has 5 heteroatoms. The maximum atomic E-state index is 12.6. The van der Waals surface area contributed by atoms with E-state index in [2.05, 4.69) is 4.98 Å². The monoisotopic (exact) mass is 242 g/mol. The van der Waals surface area contributed by atoms with Crippen LogP contribution < -0.4 is 5.73 Å². The van der Waals surface area contributed by atoms with E-state index in [0.29, 0.717) is 17.4 Å². The van der Waals surface area contributed by atoms with Gasteiger partial charge in [-0.3, -0.25) is 0 Å². The molecule has 0 saturated heterocycles. The highest BCUT2D eigenvalue weighted by Gasteiger charge is 2.32. The van der Waals surface area contributed by atoms with Crippen molar-refractivity contribution in [3.63, 3.8) is 0 Å². The minimum Gasteiger partial charge on any atom is -0.351 e. The fraction of sp³-hybridized carbons (Fsp3) is 0.333. The Hall–Kier alpha value is -1.49. The molecule has 0 aliphatic heterocycles. The van der Waals surface area contributed by atoms with Gasteiger partial charge in [0.2, 0.25) is 0 Å². The molecule has 1 unspecified atom stereocenters. The SMILES string of the molecule is CC(CN)c1cccc2[nH]c(C(F)(F)F)cc12. The molecule has 2 rings (SSSR count). The van der Waals surface area contributed by atoms with E-state index < -0.39 is 11.9 Å². The first-order valence-electron chi connectivity index (χ1n) is 5.32. The Morgan fingerprint density at radius 2 is 2.06 bits per heavy atom. The van der Waals surface area contributed by atoms with Crippen molar-refractivity contribution in [3.8, 4) is 0 Å². The van der Waals surface area contributed by atoms with Gasteiger partial charge in [-0.05, 0) is 30.2 Å². The van der Waals surface area contributed by atoms with Gasteiger partial charge in [-0.25, -0.2) is 0 Å². The van der Waals surface area contributed by atoms with Crippen molar-refractivity contribution in [3.05, 3.63) is 35.5 Å². The Bertz CT molecular complexity index is 528. The number of hydrogen-bond acceptors (Lipinski definition) is 1. The molecule has 0 amide bonds. The van der Waals surface area contributed by atoms with Crippen molar-refractivity contribution < 1.29 is 13.2 Å². The molecule has 0 aliphatic carbocycles. The molecule has 2 aromatic rings. The number of halogens is 3. The number of aromatic amines is 1. The zero-order valence-corrected chi connectivity index (χ0v) is 9.31. The number of benzene rings is 1. The molecular formula is C12H13F3N2. The number of H-pyrrole nitrogens is 1. The third-order valence-corrected chi connectivity index (χ3v) is 2.89. The second-order valence-corrected chi connectivity index (χ2v) is 4.13. The molecule has 1 aromatic heterocycles. The lowest BCUT2D eigenvalue weighted by Crippen LogP contribution is -2.08. The fourth-order valence-electron chi connectivity index (χ4n) is 1.89. The third kappa shape index (κ3) is 2.15. The van der Waals surface area contributed by atoms with Crippen LogP contribution in [0, 0.1) is 0 Å². The van der Waals surface area contributed by atoms with Crippen LogP contribution in [0.4, 0.5) is 13.2 Å². The van der Waals surface area contributed by atoms with Crippen LogP contribution in [0.2, 0.25) is 0 Å². The Labute approximate surface area is 96.6 Å². The van der Waals surface area contributed by atoms with E-state index in [-0.39, 0.29) is 5.92 Å². The van der Waals surface area contributed by atoms with E-state index in [4.69, 9.17) is 5.73 Å². The van der Waals surface area contributed by atoms with E-state index in [1.807, 2.05) is 13.0 Å². The minimum absolute atomic E-state index is 0.0376. The summed E-state index contributed by atoms with van der Waals surface area (Å²) < 4.78 is 37.8. The number of nitrogens with two attached hydrogens (primary N) is 1. The summed E-state index contributed by atoms with van der Waals surface area (Å²) in [5.41, 5.74) is 6.18. The van der Waals surface area contributed by atoms with Gasteiger partial charge < -0.3 is 10.7 Å². The Balaban J connectivity index is 2.61. The van der Waals surface area contributed by atoms with Gasteiger partial charge in [0.15, 0.2) is 0 Å². The maximum absolute atomic E-state index is 12.6. The number of aromatic nitrogens is 1. The highest BCUT2D eigenvalue weighted by molar-refractivity contribution is 5.84. The molecule has 0 saturated carbocycles. The minimum atomic E-state index is -4.34. The average Bonchev–Trinajstić information content (AvgIpc) is 2.71. The highest BCUT2D eigenvalue weighted by Crippen LogP contribution is 2.33. The van der Waals surface area contributed by atoms with Crippen molar-refractivity contribution >= 4 is 10.9 Å². The van der Waals surface area contributed by atoms with E-state index in [1.165, 1.54) is 0 Å². The van der Waals surface area contributed by atoms with Crippen molar-refractivity contribution in [1.29, 1.82) is 0 Å². The van der Waals surface area contributed by atoms with Gasteiger partial charge in [-0.2, -0.15) is 13.2 Å². The van der Waals surface area contributed by atoms with Crippen molar-refractivity contribution in [2.24, 2.45) is 5.73 Å². The van der Waals surface area contributed by atoms with Gasteiger partial charge in [-0.1, -0.05) is 19.1 Å². The predicted octanol–water partition coefficient (Wildman–Crippen LogP) is 3.25. The van der Waals surface area contributed by atoms with Gasteiger partial charge in [-0.15, -0.1) is 0 Å². The summed E-state index contributed by atoms with van der Waals surface area (Å²) in [5.74, 6) is 0.0376. The van der Waals surface area contributed by atoms with Gasteiger partial charge in [0.25, 0.3) is 0 Å². The van der Waals surface area contributed by atoms with Gasteiger partial charge in [0.05, 0.1) is 0 Å². The molecule has 1 aromatic carbocycles. The molecule has 1 atom stereocenters. The summed E-state index contributed by atoms with van der Waals surface area (Å²) in [6.07, 6.45) is -4.34. The standard InChI is InChI=1S/C12H13F3N2/c1-7(6-16)8-3-2-4-10-9(8)5-11(17-10)12(13,14)15/h2-5,7,17H,6,16H2,1H3. The zero-order valence-electron chi connectivity index (χ0n) is 9.31. The molecule has 0 radical (unpaired) electrons. The molecule has 0 fully saturated rings. The molecule has 0 bridgehead atoms. The van der Waals surface area contributed by atoms with Crippen molar-refractivity contribution in [1.82, 2.24) is 4.98 Å². The summed E-state index contributed by atoms with van der Waals surface area (Å²) in [7, 11) is 0. The topological polar surface area (TPSA) is 41.8 Å². The smallest absolute Gasteiger partial charge is 0.351 e. The van der Waals surface area contributed by atoms with Crippen LogP contribution in [0.15, 0.2) is 24.3 Å². The van der Waals surface area contributed by atoms with Crippen molar-refractivity contribution in [2.75, 3.05) is 6.54 Å². The number of rotatable bonds is 2. The maximum Gasteiger partial charge on any atom is 0.431 e. The van der Waals surface area contributed by atoms with Gasteiger partial charge in [0, 0.05) is 10.9 Å². The summed E-state index contributed by atoms with van der Waals surface area (Å²) in [6, 6.07) is 6.34. The van der Waals surface area contributed by atoms with E-state index in [9.17, 15) is 13.2 Å². The Morgan fingerprint density at radius 3 is 2.65 bits per heavy atom. The number of alkyl halides is 3. The van der Waals surface area contributed by atoms with Gasteiger partial charge >= 0.3 is 6.18 Å². The van der Waals surface area contributed by atoms with Crippen LogP contribution in [0.5, 0.6) is 0 Å². The lowest BCUT2D eigenvalue weighted by molar-refractivity contribution is -0.140. The third-order valence-electron chi connectivity index (χ3n) is 2.89. The fourth-order valence-corrected chi connectivity index (χ4v) is 1.89. The lowest BCUT2D eigenvalue weighted by atomic mass is 9.98.